The lowest BCUT2D eigenvalue weighted by atomic mass is 10.0. The van der Waals surface area contributed by atoms with E-state index in [1.165, 1.54) is 25.7 Å². The van der Waals surface area contributed by atoms with Crippen LogP contribution in [0.4, 0.5) is 5.82 Å². The highest BCUT2D eigenvalue weighted by atomic mass is 127. The lowest BCUT2D eigenvalue weighted by molar-refractivity contribution is 0.574. The Bertz CT molecular complexity index is 608. The molecule has 0 bridgehead atoms. The van der Waals surface area contributed by atoms with Crippen LogP contribution in [-0.4, -0.2) is 9.97 Å². The van der Waals surface area contributed by atoms with Crippen LogP contribution in [0, 0.1) is 3.57 Å². The maximum atomic E-state index is 6.03. The Balaban J connectivity index is 2.10. The fraction of sp³-hybridized carbons (Fsp3) is 0.385. The van der Waals surface area contributed by atoms with Crippen molar-refractivity contribution in [1.82, 2.24) is 9.97 Å². The van der Waals surface area contributed by atoms with Crippen molar-refractivity contribution in [3.8, 4) is 11.6 Å². The predicted octanol–water partition coefficient (Wildman–Crippen LogP) is 4.34. The molecule has 0 aliphatic heterocycles. The van der Waals surface area contributed by atoms with E-state index in [1.807, 2.05) is 6.07 Å². The smallest absolute Gasteiger partial charge is 0.199 e. The summed E-state index contributed by atoms with van der Waals surface area (Å²) in [5.41, 5.74) is 7.10. The predicted molar refractivity (Wildman–Crippen MR) is 85.8 cm³/mol. The van der Waals surface area contributed by atoms with E-state index in [4.69, 9.17) is 15.1 Å². The Morgan fingerprint density at radius 3 is 2.68 bits per heavy atom. The first-order valence-corrected chi connectivity index (χ1v) is 8.10. The summed E-state index contributed by atoms with van der Waals surface area (Å²) in [5, 5.41) is 0. The molecule has 2 aromatic heterocycles. The summed E-state index contributed by atoms with van der Waals surface area (Å²) < 4.78 is 7.27. The zero-order valence-electron chi connectivity index (χ0n) is 10.2. The van der Waals surface area contributed by atoms with E-state index in [1.54, 1.807) is 6.26 Å². The number of furan rings is 1. The summed E-state index contributed by atoms with van der Waals surface area (Å²) in [6, 6.07) is 1.84. The molecular weight excluding hydrogens is 421 g/mol. The minimum Gasteiger partial charge on any atom is -0.460 e. The quantitative estimate of drug-likeness (QED) is 0.715. The molecule has 1 saturated carbocycles. The molecule has 0 saturated heterocycles. The molecule has 2 aromatic rings. The van der Waals surface area contributed by atoms with Crippen LogP contribution in [0.2, 0.25) is 0 Å². The molecule has 0 amide bonds. The van der Waals surface area contributed by atoms with E-state index < -0.39 is 0 Å². The van der Waals surface area contributed by atoms with Gasteiger partial charge in [0.2, 0.25) is 0 Å². The second-order valence-electron chi connectivity index (χ2n) is 4.71. The average molecular weight is 434 g/mol. The Hall–Kier alpha value is -0.630. The van der Waals surface area contributed by atoms with Crippen molar-refractivity contribution in [2.45, 2.75) is 31.6 Å². The average Bonchev–Trinajstić information content (AvgIpc) is 3.03. The van der Waals surface area contributed by atoms with Gasteiger partial charge in [0.25, 0.3) is 0 Å². The van der Waals surface area contributed by atoms with Crippen LogP contribution in [-0.2, 0) is 0 Å². The van der Waals surface area contributed by atoms with Crippen LogP contribution in [0.1, 0.15) is 37.3 Å². The summed E-state index contributed by atoms with van der Waals surface area (Å²) in [6.07, 6.45) is 6.53. The molecule has 1 aliphatic carbocycles. The number of anilines is 1. The molecular formula is C13H13BrIN3O. The molecule has 0 atom stereocenters. The first-order chi connectivity index (χ1) is 9.16. The second-order valence-corrected chi connectivity index (χ2v) is 6.64. The monoisotopic (exact) mass is 433 g/mol. The van der Waals surface area contributed by atoms with Gasteiger partial charge in [0.15, 0.2) is 11.6 Å². The van der Waals surface area contributed by atoms with Crippen molar-refractivity contribution >= 4 is 44.3 Å². The van der Waals surface area contributed by atoms with Crippen molar-refractivity contribution in [3.05, 3.63) is 26.1 Å². The van der Waals surface area contributed by atoms with E-state index in [9.17, 15) is 0 Å². The molecule has 2 N–H and O–H groups in total. The van der Waals surface area contributed by atoms with Gasteiger partial charge in [-0.15, -0.1) is 0 Å². The third kappa shape index (κ3) is 2.52. The molecule has 1 aliphatic rings. The van der Waals surface area contributed by atoms with E-state index in [-0.39, 0.29) is 0 Å². The number of rotatable bonds is 2. The molecule has 0 aromatic carbocycles. The van der Waals surface area contributed by atoms with Gasteiger partial charge in [-0.1, -0.05) is 12.8 Å². The first-order valence-electron chi connectivity index (χ1n) is 6.23. The van der Waals surface area contributed by atoms with Crippen LogP contribution in [0.25, 0.3) is 11.6 Å². The minimum atomic E-state index is 0.504. The maximum absolute atomic E-state index is 6.03. The Morgan fingerprint density at radius 1 is 1.32 bits per heavy atom. The fourth-order valence-electron chi connectivity index (χ4n) is 2.51. The van der Waals surface area contributed by atoms with Gasteiger partial charge >= 0.3 is 0 Å². The van der Waals surface area contributed by atoms with Gasteiger partial charge in [0, 0.05) is 5.92 Å². The van der Waals surface area contributed by atoms with Crippen molar-refractivity contribution in [2.75, 3.05) is 5.73 Å². The molecule has 0 spiro atoms. The van der Waals surface area contributed by atoms with Gasteiger partial charge in [0.05, 0.1) is 20.0 Å². The van der Waals surface area contributed by atoms with Crippen molar-refractivity contribution < 1.29 is 4.42 Å². The lowest BCUT2D eigenvalue weighted by Gasteiger charge is -2.13. The number of hydrogen-bond donors (Lipinski definition) is 1. The maximum Gasteiger partial charge on any atom is 0.199 e. The SMILES string of the molecule is Nc1nc(-c2occc2Br)nc(C2CCCC2)c1I. The summed E-state index contributed by atoms with van der Waals surface area (Å²) in [5.74, 6) is 2.25. The molecule has 0 radical (unpaired) electrons. The van der Waals surface area contributed by atoms with Gasteiger partial charge in [0.1, 0.15) is 5.82 Å². The highest BCUT2D eigenvalue weighted by Crippen LogP contribution is 2.38. The number of nitrogens with zero attached hydrogens (tertiary/aromatic N) is 2. The lowest BCUT2D eigenvalue weighted by Crippen LogP contribution is -2.07. The molecule has 4 nitrogen and oxygen atoms in total. The van der Waals surface area contributed by atoms with Gasteiger partial charge in [-0.2, -0.15) is 0 Å². The minimum absolute atomic E-state index is 0.504. The van der Waals surface area contributed by atoms with E-state index in [0.29, 0.717) is 23.3 Å². The number of nitrogen functional groups attached to an aromatic ring is 1. The van der Waals surface area contributed by atoms with Crippen LogP contribution in [0.3, 0.4) is 0 Å². The summed E-state index contributed by atoms with van der Waals surface area (Å²) in [4.78, 5) is 9.04. The van der Waals surface area contributed by atoms with Crippen molar-refractivity contribution in [1.29, 1.82) is 0 Å². The third-order valence-electron chi connectivity index (χ3n) is 3.46. The highest BCUT2D eigenvalue weighted by molar-refractivity contribution is 14.1. The molecule has 19 heavy (non-hydrogen) atoms. The Morgan fingerprint density at radius 2 is 2.05 bits per heavy atom. The number of aromatic nitrogens is 2. The normalized spacial score (nSPS) is 16.1. The standard InChI is InChI=1S/C13H13BrIN3O/c14-8-5-6-19-11(8)13-17-10(7-3-1-2-4-7)9(15)12(16)18-13/h5-7H,1-4H2,(H2,16,17,18). The van der Waals surface area contributed by atoms with Crippen LogP contribution >= 0.6 is 38.5 Å². The van der Waals surface area contributed by atoms with Gasteiger partial charge in [-0.25, -0.2) is 9.97 Å². The van der Waals surface area contributed by atoms with Gasteiger partial charge in [-0.3, -0.25) is 0 Å². The largest absolute Gasteiger partial charge is 0.460 e. The van der Waals surface area contributed by atoms with Crippen molar-refractivity contribution in [3.63, 3.8) is 0 Å². The Kier molecular flexibility index (Phi) is 3.79. The number of nitrogens with two attached hydrogens (primary N) is 1. The van der Waals surface area contributed by atoms with Gasteiger partial charge in [-0.05, 0) is 57.4 Å². The van der Waals surface area contributed by atoms with E-state index in [2.05, 4.69) is 43.5 Å². The summed E-state index contributed by atoms with van der Waals surface area (Å²) >= 11 is 5.68. The molecule has 3 rings (SSSR count). The van der Waals surface area contributed by atoms with Crippen molar-refractivity contribution in [2.24, 2.45) is 0 Å². The fourth-order valence-corrected chi connectivity index (χ4v) is 3.57. The summed E-state index contributed by atoms with van der Waals surface area (Å²) in [7, 11) is 0. The zero-order chi connectivity index (χ0) is 13.4. The highest BCUT2D eigenvalue weighted by Gasteiger charge is 2.24. The molecule has 2 heterocycles. The third-order valence-corrected chi connectivity index (χ3v) is 5.19. The van der Waals surface area contributed by atoms with E-state index in [0.717, 1.165) is 13.7 Å². The number of halogens is 2. The topological polar surface area (TPSA) is 64.9 Å². The molecule has 0 unspecified atom stereocenters. The molecule has 1 fully saturated rings. The van der Waals surface area contributed by atoms with Crippen LogP contribution in [0.15, 0.2) is 21.2 Å². The van der Waals surface area contributed by atoms with Crippen LogP contribution in [0.5, 0.6) is 0 Å². The first kappa shape index (κ1) is 13.4. The number of hydrogen-bond acceptors (Lipinski definition) is 4. The van der Waals surface area contributed by atoms with Crippen LogP contribution < -0.4 is 5.73 Å². The summed E-state index contributed by atoms with van der Waals surface area (Å²) in [6.45, 7) is 0. The molecule has 6 heteroatoms. The second kappa shape index (κ2) is 5.40. The molecule has 100 valence electrons. The van der Waals surface area contributed by atoms with E-state index >= 15 is 0 Å². The van der Waals surface area contributed by atoms with Gasteiger partial charge < -0.3 is 10.2 Å². The Labute approximate surface area is 133 Å². The zero-order valence-corrected chi connectivity index (χ0v) is 13.9.